The van der Waals surface area contributed by atoms with Gasteiger partial charge in [0, 0.05) is 20.1 Å². The Bertz CT molecular complexity index is 299. The monoisotopic (exact) mass is 195 g/mol. The first-order valence-electron chi connectivity index (χ1n) is 5.21. The molecule has 1 heterocycles. The number of hydrogen-bond acceptors (Lipinski definition) is 3. The summed E-state index contributed by atoms with van der Waals surface area (Å²) in [5.41, 5.74) is 0.0555. The Kier molecular flexibility index (Phi) is 2.54. The van der Waals surface area contributed by atoms with Crippen molar-refractivity contribution >= 4 is 0 Å². The molecule has 0 spiro atoms. The van der Waals surface area contributed by atoms with Gasteiger partial charge < -0.3 is 9.30 Å². The summed E-state index contributed by atoms with van der Waals surface area (Å²) in [5.74, 6) is 1.05. The lowest BCUT2D eigenvalue weighted by atomic mass is 9.77. The van der Waals surface area contributed by atoms with Crippen molar-refractivity contribution in [3.63, 3.8) is 0 Å². The molecule has 1 aromatic heterocycles. The fraction of sp³-hybridized carbons (Fsp3) is 0.800. The van der Waals surface area contributed by atoms with Gasteiger partial charge in [-0.05, 0) is 26.2 Å². The Morgan fingerprint density at radius 1 is 1.57 bits per heavy atom. The van der Waals surface area contributed by atoms with E-state index in [0.717, 1.165) is 31.6 Å². The summed E-state index contributed by atoms with van der Waals surface area (Å²) in [6.07, 6.45) is 6.27. The van der Waals surface area contributed by atoms with Crippen LogP contribution in [0, 0.1) is 0 Å². The number of rotatable bonds is 4. The highest BCUT2D eigenvalue weighted by atomic mass is 16.5. The molecule has 0 radical (unpaired) electrons. The van der Waals surface area contributed by atoms with E-state index >= 15 is 0 Å². The van der Waals surface area contributed by atoms with E-state index < -0.39 is 0 Å². The lowest BCUT2D eigenvalue weighted by Gasteiger charge is -2.40. The minimum absolute atomic E-state index is 0.0555. The average Bonchev–Trinajstić information content (AvgIpc) is 2.58. The molecule has 4 nitrogen and oxygen atoms in total. The number of ether oxygens (including phenoxy) is 1. The van der Waals surface area contributed by atoms with Crippen molar-refractivity contribution in [3.05, 3.63) is 12.2 Å². The van der Waals surface area contributed by atoms with Gasteiger partial charge in [-0.15, -0.1) is 10.2 Å². The Hall–Kier alpha value is -0.900. The summed E-state index contributed by atoms with van der Waals surface area (Å²) < 4.78 is 7.65. The third-order valence-electron chi connectivity index (χ3n) is 3.21. The van der Waals surface area contributed by atoms with Crippen LogP contribution < -0.4 is 0 Å². The molecular weight excluding hydrogens is 178 g/mol. The Labute approximate surface area is 84.3 Å². The van der Waals surface area contributed by atoms with Gasteiger partial charge in [0.1, 0.15) is 12.2 Å². The van der Waals surface area contributed by atoms with Crippen LogP contribution in [0.5, 0.6) is 0 Å². The van der Waals surface area contributed by atoms with Crippen LogP contribution in [0.4, 0.5) is 0 Å². The van der Waals surface area contributed by atoms with Crippen LogP contribution in [-0.2, 0) is 17.7 Å². The summed E-state index contributed by atoms with van der Waals surface area (Å²) in [7, 11) is 1.80. The highest BCUT2D eigenvalue weighted by Crippen LogP contribution is 2.37. The topological polar surface area (TPSA) is 39.9 Å². The van der Waals surface area contributed by atoms with Crippen molar-refractivity contribution < 1.29 is 4.74 Å². The molecule has 0 bridgehead atoms. The summed E-state index contributed by atoms with van der Waals surface area (Å²) in [5, 5.41) is 8.06. The second-order valence-electron chi connectivity index (χ2n) is 3.95. The molecule has 0 atom stereocenters. The van der Waals surface area contributed by atoms with Gasteiger partial charge in [-0.2, -0.15) is 0 Å². The smallest absolute Gasteiger partial charge is 0.135 e. The third kappa shape index (κ3) is 1.54. The molecule has 1 aliphatic carbocycles. The molecule has 14 heavy (non-hydrogen) atoms. The van der Waals surface area contributed by atoms with Crippen LogP contribution in [0.15, 0.2) is 6.33 Å². The standard InChI is InChI=1S/C10H17N3O/c1-3-13-8-11-12-9(13)7-10(14-2)5-4-6-10/h8H,3-7H2,1-2H3. The predicted octanol–water partition coefficient (Wildman–Crippen LogP) is 1.41. The van der Waals surface area contributed by atoms with Gasteiger partial charge in [-0.1, -0.05) is 0 Å². The summed E-state index contributed by atoms with van der Waals surface area (Å²) in [6.45, 7) is 3.04. The lowest BCUT2D eigenvalue weighted by molar-refractivity contribution is -0.0726. The largest absolute Gasteiger partial charge is 0.378 e. The molecule has 78 valence electrons. The minimum Gasteiger partial charge on any atom is -0.378 e. The number of aromatic nitrogens is 3. The molecule has 0 aromatic carbocycles. The molecule has 2 rings (SSSR count). The highest BCUT2D eigenvalue weighted by molar-refractivity contribution is 5.00. The minimum atomic E-state index is 0.0555. The fourth-order valence-corrected chi connectivity index (χ4v) is 1.99. The second-order valence-corrected chi connectivity index (χ2v) is 3.95. The summed E-state index contributed by atoms with van der Waals surface area (Å²) >= 11 is 0. The predicted molar refractivity (Wildman–Crippen MR) is 53.0 cm³/mol. The van der Waals surface area contributed by atoms with Gasteiger partial charge in [-0.3, -0.25) is 0 Å². The number of hydrogen-bond donors (Lipinski definition) is 0. The Morgan fingerprint density at radius 3 is 2.86 bits per heavy atom. The lowest BCUT2D eigenvalue weighted by Crippen LogP contribution is -2.42. The average molecular weight is 195 g/mol. The van der Waals surface area contributed by atoms with Crippen LogP contribution >= 0.6 is 0 Å². The quantitative estimate of drug-likeness (QED) is 0.729. The van der Waals surface area contributed by atoms with E-state index in [0.29, 0.717) is 0 Å². The van der Waals surface area contributed by atoms with E-state index in [-0.39, 0.29) is 5.60 Å². The normalized spacial score (nSPS) is 19.3. The number of nitrogens with zero attached hydrogens (tertiary/aromatic N) is 3. The van der Waals surface area contributed by atoms with Crippen molar-refractivity contribution in [2.45, 2.75) is 44.8 Å². The maximum atomic E-state index is 5.57. The molecule has 0 N–H and O–H groups in total. The summed E-state index contributed by atoms with van der Waals surface area (Å²) in [4.78, 5) is 0. The zero-order valence-electron chi connectivity index (χ0n) is 8.86. The van der Waals surface area contributed by atoms with Crippen LogP contribution in [0.1, 0.15) is 32.0 Å². The van der Waals surface area contributed by atoms with Gasteiger partial charge in [0.2, 0.25) is 0 Å². The van der Waals surface area contributed by atoms with Gasteiger partial charge in [0.15, 0.2) is 0 Å². The van der Waals surface area contributed by atoms with Crippen molar-refractivity contribution in [2.24, 2.45) is 0 Å². The molecule has 1 aliphatic rings. The maximum absolute atomic E-state index is 5.57. The van der Waals surface area contributed by atoms with Crippen LogP contribution in [0.25, 0.3) is 0 Å². The van der Waals surface area contributed by atoms with Crippen LogP contribution in [-0.4, -0.2) is 27.5 Å². The van der Waals surface area contributed by atoms with Gasteiger partial charge in [-0.25, -0.2) is 0 Å². The van der Waals surface area contributed by atoms with Crippen LogP contribution in [0.3, 0.4) is 0 Å². The van der Waals surface area contributed by atoms with Gasteiger partial charge in [0.05, 0.1) is 5.60 Å². The summed E-state index contributed by atoms with van der Waals surface area (Å²) in [6, 6.07) is 0. The van der Waals surface area contributed by atoms with Crippen molar-refractivity contribution in [1.29, 1.82) is 0 Å². The third-order valence-corrected chi connectivity index (χ3v) is 3.21. The van der Waals surface area contributed by atoms with Crippen molar-refractivity contribution in [2.75, 3.05) is 7.11 Å². The molecule has 1 saturated carbocycles. The molecular formula is C10H17N3O. The van der Waals surface area contributed by atoms with Gasteiger partial charge in [0.25, 0.3) is 0 Å². The van der Waals surface area contributed by atoms with E-state index in [1.807, 2.05) is 0 Å². The molecule has 0 amide bonds. The molecule has 0 aliphatic heterocycles. The first-order chi connectivity index (χ1) is 6.79. The Balaban J connectivity index is 2.09. The molecule has 4 heteroatoms. The fourth-order valence-electron chi connectivity index (χ4n) is 1.99. The second kappa shape index (κ2) is 3.69. The molecule has 1 aromatic rings. The molecule has 0 unspecified atom stereocenters. The van der Waals surface area contributed by atoms with Gasteiger partial charge >= 0.3 is 0 Å². The molecule has 1 fully saturated rings. The maximum Gasteiger partial charge on any atom is 0.135 e. The van der Waals surface area contributed by atoms with E-state index in [1.54, 1.807) is 13.4 Å². The van der Waals surface area contributed by atoms with E-state index in [9.17, 15) is 0 Å². The Morgan fingerprint density at radius 2 is 2.36 bits per heavy atom. The zero-order chi connectivity index (χ0) is 10.0. The van der Waals surface area contributed by atoms with Crippen LogP contribution in [0.2, 0.25) is 0 Å². The van der Waals surface area contributed by atoms with Crippen molar-refractivity contribution in [3.8, 4) is 0 Å². The SMILES string of the molecule is CCn1cnnc1CC1(OC)CCC1. The van der Waals surface area contributed by atoms with E-state index in [4.69, 9.17) is 4.74 Å². The van der Waals surface area contributed by atoms with Crippen molar-refractivity contribution in [1.82, 2.24) is 14.8 Å². The van der Waals surface area contributed by atoms with E-state index in [1.165, 1.54) is 6.42 Å². The highest BCUT2D eigenvalue weighted by Gasteiger charge is 2.38. The molecule has 0 saturated heterocycles. The first kappa shape index (κ1) is 9.65. The number of aryl methyl sites for hydroxylation is 1. The van der Waals surface area contributed by atoms with E-state index in [2.05, 4.69) is 21.7 Å². The number of methoxy groups -OCH3 is 1. The first-order valence-corrected chi connectivity index (χ1v) is 5.21. The zero-order valence-corrected chi connectivity index (χ0v) is 8.86.